The molecule has 8 atom stereocenters. The summed E-state index contributed by atoms with van der Waals surface area (Å²) in [5, 5.41) is 10.4. The molecule has 3 fully saturated rings. The minimum atomic E-state index is -1.11. The summed E-state index contributed by atoms with van der Waals surface area (Å²) < 4.78 is 17.7. The molecule has 0 bridgehead atoms. The van der Waals surface area contributed by atoms with E-state index in [0.717, 1.165) is 24.0 Å². The molecule has 3 aliphatic carbocycles. The van der Waals surface area contributed by atoms with Gasteiger partial charge >= 0.3 is 17.9 Å². The molecule has 0 saturated heterocycles. The summed E-state index contributed by atoms with van der Waals surface area (Å²) in [6, 6.07) is 9.51. The zero-order valence-electron chi connectivity index (χ0n) is 21.9. The van der Waals surface area contributed by atoms with Crippen molar-refractivity contribution in [2.24, 2.45) is 34.5 Å². The van der Waals surface area contributed by atoms with Gasteiger partial charge in [-0.2, -0.15) is 0 Å². The molecule has 1 aliphatic heterocycles. The van der Waals surface area contributed by atoms with Crippen LogP contribution in [-0.2, 0) is 28.6 Å². The molecule has 0 aromatic heterocycles. The molecule has 7 heteroatoms. The summed E-state index contributed by atoms with van der Waals surface area (Å²) in [5.41, 5.74) is 0.227. The number of hydrogen-bond acceptors (Lipinski definition) is 6. The fraction of sp³-hybridized carbons (Fsp3) is 0.567. The Kier molecular flexibility index (Phi) is 6.34. The van der Waals surface area contributed by atoms with Crippen molar-refractivity contribution in [2.45, 2.75) is 64.8 Å². The first-order chi connectivity index (χ1) is 17.5. The lowest BCUT2D eigenvalue weighted by molar-refractivity contribution is -0.248. The van der Waals surface area contributed by atoms with Crippen LogP contribution >= 0.6 is 0 Å². The van der Waals surface area contributed by atoms with Crippen LogP contribution in [0.15, 0.2) is 48.1 Å². The largest absolute Gasteiger partial charge is 0.481 e. The summed E-state index contributed by atoms with van der Waals surface area (Å²) in [6.07, 6.45) is 7.25. The lowest BCUT2D eigenvalue weighted by Gasteiger charge is -2.64. The fourth-order valence-electron chi connectivity index (χ4n) is 8.28. The molecule has 1 heterocycles. The number of esters is 2. The van der Waals surface area contributed by atoms with Crippen molar-refractivity contribution in [1.29, 1.82) is 0 Å². The average Bonchev–Trinajstić information content (AvgIpc) is 3.21. The van der Waals surface area contributed by atoms with Gasteiger partial charge in [0.2, 0.25) is 5.79 Å². The molecule has 3 saturated carbocycles. The second-order valence-electron chi connectivity index (χ2n) is 11.8. The first-order valence-corrected chi connectivity index (χ1v) is 13.2. The summed E-state index contributed by atoms with van der Waals surface area (Å²) in [5.74, 6) is -3.13. The molecule has 5 rings (SSSR count). The number of hydrogen-bond donors (Lipinski definition) is 1. The van der Waals surface area contributed by atoms with Gasteiger partial charge in [-0.3, -0.25) is 4.79 Å². The second kappa shape index (κ2) is 9.12. The predicted molar refractivity (Wildman–Crippen MR) is 136 cm³/mol. The first kappa shape index (κ1) is 25.7. The van der Waals surface area contributed by atoms with Crippen LogP contribution in [0.2, 0.25) is 0 Å². The standard InChI is InChI=1S/C30H36O7/c1-18-20-15-23(36-24(31)12-11-19-9-6-5-7-10-19)26-28(2,13-8-14-29(26,3)27(33)34)22(20)17-30(35-4)21(18)16-25(32)37-30/h5-7,9-12,16,18,20,22-23,26H,8,13-15,17H2,1-4H3,(H,33,34)/b12-11+/t18-,20+,22+,23-,26-,28-,29-,30-/m1/s1. The molecular formula is C30H36O7. The van der Waals surface area contributed by atoms with Crippen molar-refractivity contribution in [3.8, 4) is 0 Å². The van der Waals surface area contributed by atoms with Crippen molar-refractivity contribution in [1.82, 2.24) is 0 Å². The molecular weight excluding hydrogens is 472 g/mol. The summed E-state index contributed by atoms with van der Waals surface area (Å²) in [4.78, 5) is 38.1. The van der Waals surface area contributed by atoms with Gasteiger partial charge in [0.05, 0.1) is 5.41 Å². The van der Waals surface area contributed by atoms with E-state index in [1.54, 1.807) is 26.2 Å². The Hall–Kier alpha value is -2.93. The van der Waals surface area contributed by atoms with E-state index in [1.807, 2.05) is 30.3 Å². The van der Waals surface area contributed by atoms with Crippen molar-refractivity contribution >= 4 is 24.0 Å². The minimum Gasteiger partial charge on any atom is -0.481 e. The Bertz CT molecular complexity index is 1160. The Balaban J connectivity index is 1.52. The Morgan fingerprint density at radius 1 is 1.16 bits per heavy atom. The Labute approximate surface area is 217 Å². The van der Waals surface area contributed by atoms with Crippen molar-refractivity contribution in [2.75, 3.05) is 7.11 Å². The van der Waals surface area contributed by atoms with E-state index in [-0.39, 0.29) is 23.7 Å². The molecule has 0 spiro atoms. The van der Waals surface area contributed by atoms with Crippen LogP contribution in [0.25, 0.3) is 6.08 Å². The zero-order chi connectivity index (χ0) is 26.6. The highest BCUT2D eigenvalue weighted by Crippen LogP contribution is 2.67. The highest BCUT2D eigenvalue weighted by molar-refractivity contribution is 5.87. The van der Waals surface area contributed by atoms with Gasteiger partial charge in [0.25, 0.3) is 0 Å². The number of carbonyl (C=O) groups is 3. The van der Waals surface area contributed by atoms with Gasteiger partial charge in [0.15, 0.2) is 0 Å². The number of fused-ring (bicyclic) bond motifs is 4. The highest BCUT2D eigenvalue weighted by Gasteiger charge is 2.68. The number of benzene rings is 1. The van der Waals surface area contributed by atoms with Crippen LogP contribution in [0.5, 0.6) is 0 Å². The second-order valence-corrected chi connectivity index (χ2v) is 11.8. The molecule has 7 nitrogen and oxygen atoms in total. The smallest absolute Gasteiger partial charge is 0.333 e. The van der Waals surface area contributed by atoms with E-state index in [0.29, 0.717) is 19.3 Å². The van der Waals surface area contributed by atoms with Crippen LogP contribution in [0.3, 0.4) is 0 Å². The van der Waals surface area contributed by atoms with E-state index < -0.39 is 40.6 Å². The molecule has 1 aromatic carbocycles. The normalized spacial score (nSPS) is 40.7. The number of rotatable bonds is 5. The van der Waals surface area contributed by atoms with Crippen molar-refractivity contribution < 1.29 is 33.7 Å². The highest BCUT2D eigenvalue weighted by atomic mass is 16.7. The monoisotopic (exact) mass is 508 g/mol. The van der Waals surface area contributed by atoms with Crippen LogP contribution in [0.4, 0.5) is 0 Å². The summed E-state index contributed by atoms with van der Waals surface area (Å²) in [7, 11) is 1.56. The molecule has 1 N–H and O–H groups in total. The summed E-state index contributed by atoms with van der Waals surface area (Å²) >= 11 is 0. The number of ether oxygens (including phenoxy) is 3. The predicted octanol–water partition coefficient (Wildman–Crippen LogP) is 5.01. The third-order valence-corrected chi connectivity index (χ3v) is 9.95. The lowest BCUT2D eigenvalue weighted by atomic mass is 9.42. The Morgan fingerprint density at radius 2 is 1.89 bits per heavy atom. The van der Waals surface area contributed by atoms with E-state index in [1.165, 1.54) is 6.08 Å². The van der Waals surface area contributed by atoms with Gasteiger partial charge < -0.3 is 19.3 Å². The molecule has 198 valence electrons. The fourth-order valence-corrected chi connectivity index (χ4v) is 8.28. The van der Waals surface area contributed by atoms with E-state index >= 15 is 0 Å². The van der Waals surface area contributed by atoms with Crippen molar-refractivity contribution in [3.63, 3.8) is 0 Å². The van der Waals surface area contributed by atoms with Crippen molar-refractivity contribution in [3.05, 3.63) is 53.6 Å². The third kappa shape index (κ3) is 4.02. The maximum atomic E-state index is 13.1. The van der Waals surface area contributed by atoms with Gasteiger partial charge in [0, 0.05) is 37.2 Å². The molecule has 1 aromatic rings. The molecule has 0 radical (unpaired) electrons. The van der Waals surface area contributed by atoms with E-state index in [2.05, 4.69) is 13.8 Å². The van der Waals surface area contributed by atoms with Gasteiger partial charge in [-0.25, -0.2) is 9.59 Å². The van der Waals surface area contributed by atoms with Crippen LogP contribution in [-0.4, -0.2) is 42.0 Å². The molecule has 0 unspecified atom stereocenters. The van der Waals surface area contributed by atoms with Crippen LogP contribution in [0.1, 0.15) is 58.4 Å². The number of carboxylic acid groups (broad SMARTS) is 1. The summed E-state index contributed by atoms with van der Waals surface area (Å²) in [6.45, 7) is 6.03. The average molecular weight is 509 g/mol. The van der Waals surface area contributed by atoms with E-state index in [9.17, 15) is 19.5 Å². The van der Waals surface area contributed by atoms with Gasteiger partial charge in [0.1, 0.15) is 6.10 Å². The van der Waals surface area contributed by atoms with Gasteiger partial charge in [-0.1, -0.05) is 50.6 Å². The van der Waals surface area contributed by atoms with E-state index in [4.69, 9.17) is 14.2 Å². The first-order valence-electron chi connectivity index (χ1n) is 13.2. The number of aliphatic carboxylic acids is 1. The molecule has 37 heavy (non-hydrogen) atoms. The lowest BCUT2D eigenvalue weighted by Crippen LogP contribution is -2.64. The van der Waals surface area contributed by atoms with Gasteiger partial charge in [-0.05, 0) is 61.0 Å². The number of methoxy groups -OCH3 is 1. The Morgan fingerprint density at radius 3 is 2.57 bits per heavy atom. The minimum absolute atomic E-state index is 0.0398. The van der Waals surface area contributed by atoms with Crippen LogP contribution < -0.4 is 0 Å². The number of carbonyl (C=O) groups excluding carboxylic acids is 2. The van der Waals surface area contributed by atoms with Crippen LogP contribution in [0, 0.1) is 34.5 Å². The number of carboxylic acids is 1. The third-order valence-electron chi connectivity index (χ3n) is 9.95. The quantitative estimate of drug-likeness (QED) is 0.441. The van der Waals surface area contributed by atoms with Gasteiger partial charge in [-0.15, -0.1) is 0 Å². The SMILES string of the molecule is CO[C@@]12C[C@H]3[C@@H](C[C@@H](OC(=O)/C=C/c4ccccc4)[C@@H]4[C@]3(C)CCC[C@@]4(C)C(=O)O)[C@@H](C)C1=CC(=O)O2. The molecule has 0 amide bonds. The topological polar surface area (TPSA) is 99.1 Å². The maximum absolute atomic E-state index is 13.1. The zero-order valence-corrected chi connectivity index (χ0v) is 21.9. The maximum Gasteiger partial charge on any atom is 0.333 e. The molecule has 4 aliphatic rings.